The zero-order chi connectivity index (χ0) is 22.3. The fraction of sp³-hybridized carbons (Fsp3) is 0.417. The first-order valence-electron chi connectivity index (χ1n) is 11.3. The quantitative estimate of drug-likeness (QED) is 0.372. The van der Waals surface area contributed by atoms with E-state index < -0.39 is 0 Å². The molecular formula is C24H30N8. The van der Waals surface area contributed by atoms with E-state index >= 15 is 0 Å². The fourth-order valence-corrected chi connectivity index (χ4v) is 3.77. The summed E-state index contributed by atoms with van der Waals surface area (Å²) in [4.78, 5) is 9.56. The fourth-order valence-electron chi connectivity index (χ4n) is 3.77. The van der Waals surface area contributed by atoms with Gasteiger partial charge in [-0.1, -0.05) is 63.9 Å². The van der Waals surface area contributed by atoms with E-state index in [-0.39, 0.29) is 0 Å². The van der Waals surface area contributed by atoms with Crippen molar-refractivity contribution in [3.63, 3.8) is 0 Å². The number of rotatable bonds is 10. The van der Waals surface area contributed by atoms with Crippen LogP contribution in [0.3, 0.4) is 0 Å². The van der Waals surface area contributed by atoms with Crippen LogP contribution in [0.4, 0.5) is 0 Å². The van der Waals surface area contributed by atoms with Crippen LogP contribution in [0.1, 0.15) is 57.4 Å². The highest BCUT2D eigenvalue weighted by atomic mass is 15.5. The van der Waals surface area contributed by atoms with Gasteiger partial charge in [-0.3, -0.25) is 4.98 Å². The van der Waals surface area contributed by atoms with E-state index in [0.717, 1.165) is 53.3 Å². The average Bonchev–Trinajstić information content (AvgIpc) is 3.45. The number of unbranched alkanes of at least 4 members (excludes halogenated alkanes) is 2. The zero-order valence-electron chi connectivity index (χ0n) is 19.0. The number of H-pyrrole nitrogens is 1. The molecule has 0 spiro atoms. The molecule has 0 amide bonds. The Hall–Kier alpha value is -3.42. The number of aromatic nitrogens is 8. The smallest absolute Gasteiger partial charge is 0.180 e. The Morgan fingerprint density at radius 1 is 1.03 bits per heavy atom. The summed E-state index contributed by atoms with van der Waals surface area (Å²) in [6.45, 7) is 7.24. The molecule has 1 N–H and O–H groups in total. The maximum absolute atomic E-state index is 4.83. The van der Waals surface area contributed by atoms with E-state index in [9.17, 15) is 0 Å². The molecule has 1 aromatic carbocycles. The Bertz CT molecular complexity index is 1110. The lowest BCUT2D eigenvalue weighted by Gasteiger charge is -2.09. The first kappa shape index (κ1) is 21.8. The highest BCUT2D eigenvalue weighted by Crippen LogP contribution is 2.29. The Morgan fingerprint density at radius 2 is 1.88 bits per heavy atom. The number of hydrogen-bond donors (Lipinski definition) is 1. The molecule has 0 unspecified atom stereocenters. The normalized spacial score (nSPS) is 11.4. The lowest BCUT2D eigenvalue weighted by atomic mass is 10.0. The SMILES string of the molecule is CCCCCc1nc(CC(C)C)nn1Cc1ccc(-c2ccccc2-c2nnn[nH]2)cn1. The van der Waals surface area contributed by atoms with Crippen molar-refractivity contribution in [2.45, 2.75) is 59.4 Å². The maximum atomic E-state index is 4.83. The van der Waals surface area contributed by atoms with Crippen LogP contribution in [-0.4, -0.2) is 40.4 Å². The van der Waals surface area contributed by atoms with Crippen molar-refractivity contribution in [2.75, 3.05) is 0 Å². The molecule has 0 aliphatic rings. The summed E-state index contributed by atoms with van der Waals surface area (Å²) >= 11 is 0. The molecule has 0 bridgehead atoms. The Morgan fingerprint density at radius 3 is 2.56 bits per heavy atom. The number of aromatic amines is 1. The van der Waals surface area contributed by atoms with Gasteiger partial charge < -0.3 is 0 Å². The van der Waals surface area contributed by atoms with Gasteiger partial charge in [0, 0.05) is 30.2 Å². The van der Waals surface area contributed by atoms with E-state index in [1.54, 1.807) is 0 Å². The largest absolute Gasteiger partial charge is 0.259 e. The molecule has 0 radical (unpaired) electrons. The lowest BCUT2D eigenvalue weighted by Crippen LogP contribution is -2.09. The molecule has 0 saturated carbocycles. The number of pyridine rings is 1. The summed E-state index contributed by atoms with van der Waals surface area (Å²) in [5.74, 6) is 3.16. The van der Waals surface area contributed by atoms with Crippen molar-refractivity contribution in [3.05, 3.63) is 59.9 Å². The van der Waals surface area contributed by atoms with Gasteiger partial charge in [-0.25, -0.2) is 14.8 Å². The van der Waals surface area contributed by atoms with Crippen LogP contribution in [-0.2, 0) is 19.4 Å². The number of aryl methyl sites for hydroxylation is 1. The minimum absolute atomic E-state index is 0.534. The van der Waals surface area contributed by atoms with E-state index in [0.29, 0.717) is 18.3 Å². The van der Waals surface area contributed by atoms with Crippen molar-refractivity contribution in [3.8, 4) is 22.5 Å². The highest BCUT2D eigenvalue weighted by Gasteiger charge is 2.13. The second kappa shape index (κ2) is 10.3. The molecule has 0 saturated heterocycles. The second-order valence-corrected chi connectivity index (χ2v) is 8.49. The number of hydrogen-bond acceptors (Lipinski definition) is 6. The summed E-state index contributed by atoms with van der Waals surface area (Å²) < 4.78 is 2.03. The Kier molecular flexibility index (Phi) is 6.99. The summed E-state index contributed by atoms with van der Waals surface area (Å²) in [7, 11) is 0. The minimum atomic E-state index is 0.534. The van der Waals surface area contributed by atoms with Crippen LogP contribution in [0, 0.1) is 5.92 Å². The summed E-state index contributed by atoms with van der Waals surface area (Å²) in [5, 5.41) is 19.1. The predicted octanol–water partition coefficient (Wildman–Crippen LogP) is 4.50. The van der Waals surface area contributed by atoms with Gasteiger partial charge in [0.25, 0.3) is 0 Å². The van der Waals surface area contributed by atoms with Crippen molar-refractivity contribution in [1.82, 2.24) is 40.4 Å². The van der Waals surface area contributed by atoms with Crippen LogP contribution in [0.25, 0.3) is 22.5 Å². The Labute approximate surface area is 188 Å². The molecular weight excluding hydrogens is 400 g/mol. The monoisotopic (exact) mass is 430 g/mol. The Balaban J connectivity index is 1.55. The molecule has 0 aliphatic carbocycles. The van der Waals surface area contributed by atoms with Crippen LogP contribution < -0.4 is 0 Å². The van der Waals surface area contributed by atoms with Crippen LogP contribution >= 0.6 is 0 Å². The van der Waals surface area contributed by atoms with Crippen molar-refractivity contribution in [1.29, 1.82) is 0 Å². The van der Waals surface area contributed by atoms with E-state index in [1.165, 1.54) is 12.8 Å². The van der Waals surface area contributed by atoms with Crippen LogP contribution in [0.15, 0.2) is 42.6 Å². The van der Waals surface area contributed by atoms with Crippen LogP contribution in [0.2, 0.25) is 0 Å². The molecule has 8 nitrogen and oxygen atoms in total. The average molecular weight is 431 g/mol. The van der Waals surface area contributed by atoms with Gasteiger partial charge in [-0.05, 0) is 34.4 Å². The number of nitrogens with one attached hydrogen (secondary N) is 1. The number of benzene rings is 1. The van der Waals surface area contributed by atoms with Crippen molar-refractivity contribution >= 4 is 0 Å². The molecule has 166 valence electrons. The third kappa shape index (κ3) is 5.25. The van der Waals surface area contributed by atoms with E-state index in [2.05, 4.69) is 59.6 Å². The highest BCUT2D eigenvalue weighted by molar-refractivity contribution is 5.79. The third-order valence-electron chi connectivity index (χ3n) is 5.36. The van der Waals surface area contributed by atoms with Gasteiger partial charge in [0.1, 0.15) is 5.82 Å². The van der Waals surface area contributed by atoms with E-state index in [4.69, 9.17) is 15.1 Å². The lowest BCUT2D eigenvalue weighted by molar-refractivity contribution is 0.584. The molecule has 3 heterocycles. The van der Waals surface area contributed by atoms with Gasteiger partial charge in [0.2, 0.25) is 0 Å². The summed E-state index contributed by atoms with van der Waals surface area (Å²) in [6.07, 6.45) is 7.29. The first-order valence-corrected chi connectivity index (χ1v) is 11.3. The van der Waals surface area contributed by atoms with Gasteiger partial charge in [0.05, 0.1) is 12.2 Å². The first-order chi connectivity index (χ1) is 15.6. The van der Waals surface area contributed by atoms with Crippen LogP contribution in [0.5, 0.6) is 0 Å². The van der Waals surface area contributed by atoms with Gasteiger partial charge in [-0.15, -0.1) is 5.10 Å². The molecule has 3 aromatic heterocycles. The van der Waals surface area contributed by atoms with Crippen molar-refractivity contribution < 1.29 is 0 Å². The van der Waals surface area contributed by atoms with Gasteiger partial charge >= 0.3 is 0 Å². The zero-order valence-corrected chi connectivity index (χ0v) is 19.0. The molecule has 8 heteroatoms. The summed E-state index contributed by atoms with van der Waals surface area (Å²) in [5.41, 5.74) is 3.96. The minimum Gasteiger partial charge on any atom is -0.259 e. The van der Waals surface area contributed by atoms with Gasteiger partial charge in [-0.2, -0.15) is 5.10 Å². The standard InChI is InChI=1S/C24H30N8/c1-4-5-6-11-23-26-22(14-17(2)3)29-32(23)16-19-13-12-18(15-25-19)20-9-7-8-10-21(20)24-27-30-31-28-24/h7-10,12-13,15,17H,4-6,11,14,16H2,1-3H3,(H,27,28,30,31). The third-order valence-corrected chi connectivity index (χ3v) is 5.36. The number of tetrazole rings is 1. The van der Waals surface area contributed by atoms with Gasteiger partial charge in [0.15, 0.2) is 11.6 Å². The molecule has 4 aromatic rings. The topological polar surface area (TPSA) is 98.1 Å². The van der Waals surface area contributed by atoms with E-state index in [1.807, 2.05) is 29.1 Å². The predicted molar refractivity (Wildman–Crippen MR) is 124 cm³/mol. The maximum Gasteiger partial charge on any atom is 0.180 e. The summed E-state index contributed by atoms with van der Waals surface area (Å²) in [6, 6.07) is 12.2. The second-order valence-electron chi connectivity index (χ2n) is 8.49. The molecule has 0 atom stereocenters. The number of nitrogens with zero attached hydrogens (tertiary/aromatic N) is 7. The molecule has 0 aliphatic heterocycles. The molecule has 0 fully saturated rings. The molecule has 4 rings (SSSR count). The molecule has 32 heavy (non-hydrogen) atoms. The van der Waals surface area contributed by atoms with Crippen molar-refractivity contribution in [2.24, 2.45) is 5.92 Å².